The number of carbonyl (C=O) groups is 1. The van der Waals surface area contributed by atoms with E-state index in [1.54, 1.807) is 22.7 Å². The quantitative estimate of drug-likeness (QED) is 0.381. The fraction of sp³-hybridized carbons (Fsp3) is 0.520. The number of hydrogen-bond donors (Lipinski definition) is 1. The molecular weight excluding hydrogens is 483 g/mol. The van der Waals surface area contributed by atoms with Crippen molar-refractivity contribution < 1.29 is 4.79 Å². The van der Waals surface area contributed by atoms with Crippen LogP contribution < -0.4 is 5.32 Å². The van der Waals surface area contributed by atoms with E-state index >= 15 is 0 Å². The maximum Gasteiger partial charge on any atom is 0.235 e. The van der Waals surface area contributed by atoms with E-state index in [1.165, 1.54) is 21.5 Å². The standard InChI is InChI=1S/C25H31N5OS3/c1-14(2)19-9-15(12-32-19)22-28-29-24(30(22)6)33-13-21(31)27-23-18(11-26)17-8-7-16(25(3,4)5)10-20(17)34-23/h9,12,14,16H,7-8,10,13H2,1-6H3,(H,27,31). The number of thiophene rings is 2. The number of nitrogens with one attached hydrogen (secondary N) is 1. The van der Waals surface area contributed by atoms with Gasteiger partial charge in [-0.2, -0.15) is 5.26 Å². The molecule has 34 heavy (non-hydrogen) atoms. The van der Waals surface area contributed by atoms with E-state index in [4.69, 9.17) is 0 Å². The van der Waals surface area contributed by atoms with E-state index in [2.05, 4.69) is 67.6 Å². The van der Waals surface area contributed by atoms with Crippen molar-refractivity contribution in [3.8, 4) is 17.5 Å². The zero-order valence-corrected chi connectivity index (χ0v) is 23.0. The normalized spacial score (nSPS) is 15.9. The Morgan fingerprint density at radius 2 is 2.15 bits per heavy atom. The monoisotopic (exact) mass is 513 g/mol. The highest BCUT2D eigenvalue weighted by molar-refractivity contribution is 7.99. The van der Waals surface area contributed by atoms with Crippen LogP contribution in [0.5, 0.6) is 0 Å². The summed E-state index contributed by atoms with van der Waals surface area (Å²) in [6.07, 6.45) is 2.97. The second-order valence-corrected chi connectivity index (χ2v) is 13.2. The second kappa shape index (κ2) is 9.84. The number of rotatable bonds is 6. The van der Waals surface area contributed by atoms with Crippen LogP contribution in [0, 0.1) is 22.7 Å². The van der Waals surface area contributed by atoms with Crippen molar-refractivity contribution in [1.82, 2.24) is 14.8 Å². The topological polar surface area (TPSA) is 83.6 Å². The number of nitrogens with zero attached hydrogens (tertiary/aromatic N) is 4. The lowest BCUT2D eigenvalue weighted by Crippen LogP contribution is -2.26. The molecule has 1 atom stereocenters. The van der Waals surface area contributed by atoms with Crippen molar-refractivity contribution >= 4 is 45.3 Å². The van der Waals surface area contributed by atoms with Gasteiger partial charge >= 0.3 is 0 Å². The molecule has 0 saturated heterocycles. The van der Waals surface area contributed by atoms with E-state index in [0.717, 1.165) is 36.2 Å². The Bertz CT molecular complexity index is 1240. The molecule has 0 radical (unpaired) electrons. The van der Waals surface area contributed by atoms with Gasteiger partial charge in [0.2, 0.25) is 5.91 Å². The molecule has 6 nitrogen and oxygen atoms in total. The molecule has 1 unspecified atom stereocenters. The zero-order chi connectivity index (χ0) is 24.6. The molecule has 0 aliphatic heterocycles. The van der Waals surface area contributed by atoms with Crippen LogP contribution in [0.2, 0.25) is 0 Å². The van der Waals surface area contributed by atoms with Crippen molar-refractivity contribution in [2.75, 3.05) is 11.1 Å². The van der Waals surface area contributed by atoms with E-state index in [1.807, 2.05) is 11.6 Å². The number of thioether (sulfide) groups is 1. The Labute approximate surface area is 213 Å². The van der Waals surface area contributed by atoms with Gasteiger partial charge in [0.1, 0.15) is 11.1 Å². The van der Waals surface area contributed by atoms with Crippen molar-refractivity contribution in [3.05, 3.63) is 32.3 Å². The number of nitriles is 1. The third-order valence-electron chi connectivity index (χ3n) is 6.47. The first-order valence-corrected chi connectivity index (χ1v) is 14.2. The Balaban J connectivity index is 1.42. The summed E-state index contributed by atoms with van der Waals surface area (Å²) in [5.74, 6) is 1.96. The molecule has 1 aliphatic rings. The number of anilines is 1. The van der Waals surface area contributed by atoms with Crippen LogP contribution in [0.15, 0.2) is 16.6 Å². The summed E-state index contributed by atoms with van der Waals surface area (Å²) >= 11 is 4.66. The molecule has 3 heterocycles. The van der Waals surface area contributed by atoms with Crippen LogP contribution in [0.25, 0.3) is 11.4 Å². The minimum absolute atomic E-state index is 0.130. The summed E-state index contributed by atoms with van der Waals surface area (Å²) in [4.78, 5) is 15.3. The van der Waals surface area contributed by atoms with Crippen LogP contribution in [0.3, 0.4) is 0 Å². The summed E-state index contributed by atoms with van der Waals surface area (Å²) in [5, 5.41) is 24.9. The predicted octanol–water partition coefficient (Wildman–Crippen LogP) is 6.48. The maximum atomic E-state index is 12.8. The first-order valence-electron chi connectivity index (χ1n) is 11.5. The average molecular weight is 514 g/mol. The minimum Gasteiger partial charge on any atom is -0.316 e. The van der Waals surface area contributed by atoms with Gasteiger partial charge in [0.15, 0.2) is 11.0 Å². The van der Waals surface area contributed by atoms with E-state index < -0.39 is 0 Å². The molecule has 3 aromatic rings. The van der Waals surface area contributed by atoms with Crippen LogP contribution in [0.1, 0.15) is 67.8 Å². The van der Waals surface area contributed by atoms with Crippen molar-refractivity contribution in [2.45, 2.75) is 65.0 Å². The Morgan fingerprint density at radius 1 is 1.38 bits per heavy atom. The minimum atomic E-state index is -0.130. The average Bonchev–Trinajstić information content (AvgIpc) is 3.47. The van der Waals surface area contributed by atoms with Crippen molar-refractivity contribution in [2.24, 2.45) is 18.4 Å². The van der Waals surface area contributed by atoms with E-state index in [0.29, 0.717) is 27.6 Å². The molecule has 1 amide bonds. The third kappa shape index (κ3) is 5.09. The number of hydrogen-bond acceptors (Lipinski definition) is 7. The van der Waals surface area contributed by atoms with Gasteiger partial charge in [-0.25, -0.2) is 0 Å². The SMILES string of the molecule is CC(C)c1cc(-c2nnc(SCC(=O)Nc3sc4c(c3C#N)CCC(C(C)(C)C)C4)n2C)cs1. The fourth-order valence-electron chi connectivity index (χ4n) is 4.29. The Kier molecular flexibility index (Phi) is 7.22. The molecule has 0 fully saturated rings. The Morgan fingerprint density at radius 3 is 2.79 bits per heavy atom. The highest BCUT2D eigenvalue weighted by atomic mass is 32.2. The Hall–Kier alpha value is -2.15. The smallest absolute Gasteiger partial charge is 0.235 e. The van der Waals surface area contributed by atoms with Gasteiger partial charge in [0.05, 0.1) is 11.3 Å². The van der Waals surface area contributed by atoms with Gasteiger partial charge in [-0.15, -0.1) is 32.9 Å². The van der Waals surface area contributed by atoms with E-state index in [9.17, 15) is 10.1 Å². The fourth-order valence-corrected chi connectivity index (χ4v) is 7.20. The van der Waals surface area contributed by atoms with Gasteiger partial charge in [0.25, 0.3) is 0 Å². The molecule has 0 spiro atoms. The van der Waals surface area contributed by atoms with Gasteiger partial charge in [-0.3, -0.25) is 4.79 Å². The van der Waals surface area contributed by atoms with Crippen molar-refractivity contribution in [3.63, 3.8) is 0 Å². The van der Waals surface area contributed by atoms with Crippen LogP contribution in [-0.4, -0.2) is 26.4 Å². The lowest BCUT2D eigenvalue weighted by atomic mass is 9.72. The summed E-state index contributed by atoms with van der Waals surface area (Å²) in [6.45, 7) is 11.2. The molecule has 9 heteroatoms. The number of fused-ring (bicyclic) bond motifs is 1. The van der Waals surface area contributed by atoms with Crippen molar-refractivity contribution in [1.29, 1.82) is 5.26 Å². The highest BCUT2D eigenvalue weighted by Crippen LogP contribution is 2.44. The van der Waals surface area contributed by atoms with E-state index in [-0.39, 0.29) is 17.1 Å². The number of carbonyl (C=O) groups excluding carboxylic acids is 1. The summed E-state index contributed by atoms with van der Waals surface area (Å²) < 4.78 is 1.93. The molecule has 180 valence electrons. The largest absolute Gasteiger partial charge is 0.316 e. The summed E-state index contributed by atoms with van der Waals surface area (Å²) in [5.41, 5.74) is 3.06. The molecule has 1 N–H and O–H groups in total. The van der Waals surface area contributed by atoms with Crippen LogP contribution in [-0.2, 0) is 24.7 Å². The molecule has 0 bridgehead atoms. The lowest BCUT2D eigenvalue weighted by Gasteiger charge is -2.33. The highest BCUT2D eigenvalue weighted by Gasteiger charge is 2.32. The summed E-state index contributed by atoms with van der Waals surface area (Å²) in [6, 6.07) is 4.50. The third-order valence-corrected chi connectivity index (χ3v) is 9.89. The second-order valence-electron chi connectivity index (χ2n) is 10.2. The van der Waals surface area contributed by atoms with Gasteiger partial charge in [0, 0.05) is 27.7 Å². The molecular formula is C25H31N5OS3. The number of amides is 1. The van der Waals surface area contributed by atoms with Crippen LogP contribution >= 0.6 is 34.4 Å². The lowest BCUT2D eigenvalue weighted by molar-refractivity contribution is -0.113. The molecule has 1 aliphatic carbocycles. The summed E-state index contributed by atoms with van der Waals surface area (Å²) in [7, 11) is 1.93. The first-order chi connectivity index (χ1) is 16.1. The molecule has 0 aromatic carbocycles. The molecule has 0 saturated carbocycles. The number of aromatic nitrogens is 3. The molecule has 4 rings (SSSR count). The van der Waals surface area contributed by atoms with Gasteiger partial charge in [-0.05, 0) is 48.1 Å². The predicted molar refractivity (Wildman–Crippen MR) is 142 cm³/mol. The molecule has 3 aromatic heterocycles. The van der Waals surface area contributed by atoms with Crippen LogP contribution in [0.4, 0.5) is 5.00 Å². The van der Waals surface area contributed by atoms with Gasteiger partial charge in [-0.1, -0.05) is 46.4 Å². The maximum absolute atomic E-state index is 12.8. The first kappa shape index (κ1) is 25.0. The van der Waals surface area contributed by atoms with Gasteiger partial charge < -0.3 is 9.88 Å². The zero-order valence-electron chi connectivity index (χ0n) is 20.6.